The first-order valence-electron chi connectivity index (χ1n) is 9.60. The maximum absolute atomic E-state index is 12.6. The molecule has 0 fully saturated rings. The van der Waals surface area contributed by atoms with E-state index in [1.165, 1.54) is 4.31 Å². The molecule has 0 aliphatic rings. The average molecular weight is 419 g/mol. The van der Waals surface area contributed by atoms with Crippen LogP contribution in [0.1, 0.15) is 30.0 Å². The highest BCUT2D eigenvalue weighted by Gasteiger charge is 2.29. The summed E-state index contributed by atoms with van der Waals surface area (Å²) in [6.45, 7) is 5.88. The molecule has 158 valence electrons. The summed E-state index contributed by atoms with van der Waals surface area (Å²) in [6, 6.07) is 12.5. The van der Waals surface area contributed by atoms with E-state index in [9.17, 15) is 13.2 Å². The minimum atomic E-state index is -3.62. The molecule has 0 spiro atoms. The number of sulfonamides is 1. The normalized spacial score (nSPS) is 12.3. The van der Waals surface area contributed by atoms with Gasteiger partial charge in [-0.2, -0.15) is 0 Å². The van der Waals surface area contributed by atoms with E-state index in [1.807, 2.05) is 44.2 Å². The van der Waals surface area contributed by atoms with Crippen LogP contribution in [0.5, 0.6) is 5.75 Å². The lowest BCUT2D eigenvalue weighted by Crippen LogP contribution is -2.48. The number of ether oxygens (including phenoxy) is 1. The van der Waals surface area contributed by atoms with Crippen molar-refractivity contribution < 1.29 is 17.9 Å². The third kappa shape index (κ3) is 6.49. The Morgan fingerprint density at radius 1 is 1.14 bits per heavy atom. The number of hydrogen-bond donors (Lipinski definition) is 1. The van der Waals surface area contributed by atoms with Gasteiger partial charge in [0, 0.05) is 6.54 Å². The summed E-state index contributed by atoms with van der Waals surface area (Å²) in [4.78, 5) is 12.6. The average Bonchev–Trinajstić information content (AvgIpc) is 2.63. The SMILES string of the molecule is COc1cccc(CCCNC(=O)C(C)N(c2cc(C)cc(C)c2)S(C)(=O)=O)c1. The largest absolute Gasteiger partial charge is 0.497 e. The topological polar surface area (TPSA) is 75.7 Å². The van der Waals surface area contributed by atoms with Crippen LogP contribution in [0.4, 0.5) is 5.69 Å². The summed E-state index contributed by atoms with van der Waals surface area (Å²) in [5, 5.41) is 2.86. The van der Waals surface area contributed by atoms with E-state index in [1.54, 1.807) is 26.2 Å². The van der Waals surface area contributed by atoms with Gasteiger partial charge in [-0.05, 0) is 74.6 Å². The van der Waals surface area contributed by atoms with Crippen molar-refractivity contribution in [2.45, 2.75) is 39.7 Å². The van der Waals surface area contributed by atoms with Gasteiger partial charge in [0.25, 0.3) is 0 Å². The maximum Gasteiger partial charge on any atom is 0.243 e. The van der Waals surface area contributed by atoms with Crippen LogP contribution in [0.15, 0.2) is 42.5 Å². The molecule has 29 heavy (non-hydrogen) atoms. The third-order valence-corrected chi connectivity index (χ3v) is 5.87. The zero-order chi connectivity index (χ0) is 21.6. The fraction of sp³-hybridized carbons (Fsp3) is 0.409. The van der Waals surface area contributed by atoms with Crippen molar-refractivity contribution in [3.8, 4) is 5.75 Å². The zero-order valence-electron chi connectivity index (χ0n) is 17.7. The first kappa shape index (κ1) is 22.7. The molecule has 2 rings (SSSR count). The molecule has 0 aromatic heterocycles. The van der Waals surface area contributed by atoms with Gasteiger partial charge in [-0.3, -0.25) is 9.10 Å². The maximum atomic E-state index is 12.6. The van der Waals surface area contributed by atoms with Crippen molar-refractivity contribution in [1.29, 1.82) is 0 Å². The number of anilines is 1. The van der Waals surface area contributed by atoms with Gasteiger partial charge in [0.05, 0.1) is 19.1 Å². The molecule has 0 bridgehead atoms. The molecule has 1 atom stereocenters. The Hall–Kier alpha value is -2.54. The molecule has 1 amide bonds. The van der Waals surface area contributed by atoms with E-state index in [-0.39, 0.29) is 5.91 Å². The quantitative estimate of drug-likeness (QED) is 0.635. The number of nitrogens with one attached hydrogen (secondary N) is 1. The van der Waals surface area contributed by atoms with Crippen molar-refractivity contribution in [3.05, 3.63) is 59.2 Å². The minimum Gasteiger partial charge on any atom is -0.497 e. The van der Waals surface area contributed by atoms with Crippen LogP contribution in [0.3, 0.4) is 0 Å². The van der Waals surface area contributed by atoms with E-state index in [4.69, 9.17) is 4.74 Å². The van der Waals surface area contributed by atoms with E-state index in [0.29, 0.717) is 12.2 Å². The third-order valence-electron chi connectivity index (χ3n) is 4.63. The van der Waals surface area contributed by atoms with E-state index < -0.39 is 16.1 Å². The predicted molar refractivity (Wildman–Crippen MR) is 117 cm³/mol. The molecule has 2 aromatic carbocycles. The highest BCUT2D eigenvalue weighted by Crippen LogP contribution is 2.24. The second-order valence-electron chi connectivity index (χ2n) is 7.33. The van der Waals surface area contributed by atoms with Crippen molar-refractivity contribution in [3.63, 3.8) is 0 Å². The van der Waals surface area contributed by atoms with Crippen molar-refractivity contribution in [1.82, 2.24) is 5.32 Å². The molecular formula is C22H30N2O4S. The number of carbonyl (C=O) groups is 1. The molecule has 1 N–H and O–H groups in total. The lowest BCUT2D eigenvalue weighted by molar-refractivity contribution is -0.121. The van der Waals surface area contributed by atoms with Crippen LogP contribution in [0, 0.1) is 13.8 Å². The van der Waals surface area contributed by atoms with Crippen molar-refractivity contribution in [2.75, 3.05) is 24.2 Å². The van der Waals surface area contributed by atoms with Crippen LogP contribution >= 0.6 is 0 Å². The monoisotopic (exact) mass is 418 g/mol. The molecular weight excluding hydrogens is 388 g/mol. The van der Waals surface area contributed by atoms with Crippen LogP contribution in [0.25, 0.3) is 0 Å². The van der Waals surface area contributed by atoms with E-state index in [0.717, 1.165) is 41.5 Å². The van der Waals surface area contributed by atoms with Gasteiger partial charge < -0.3 is 10.1 Å². The van der Waals surface area contributed by atoms with Crippen LogP contribution in [-0.4, -0.2) is 40.3 Å². The second-order valence-corrected chi connectivity index (χ2v) is 9.19. The Kier molecular flexibility index (Phi) is 7.67. The molecule has 0 saturated heterocycles. The first-order valence-corrected chi connectivity index (χ1v) is 11.4. The summed E-state index contributed by atoms with van der Waals surface area (Å²) in [6.07, 6.45) is 2.66. The number of carbonyl (C=O) groups excluding carboxylic acids is 1. The number of methoxy groups -OCH3 is 1. The minimum absolute atomic E-state index is 0.319. The predicted octanol–water partition coefficient (Wildman–Crippen LogP) is 3.22. The molecule has 0 aliphatic heterocycles. The number of rotatable bonds is 9. The first-order chi connectivity index (χ1) is 13.6. The van der Waals surface area contributed by atoms with Gasteiger partial charge in [0.2, 0.25) is 15.9 Å². The molecule has 2 aromatic rings. The number of hydrogen-bond acceptors (Lipinski definition) is 4. The van der Waals surface area contributed by atoms with Gasteiger partial charge >= 0.3 is 0 Å². The van der Waals surface area contributed by atoms with Crippen LogP contribution in [-0.2, 0) is 21.2 Å². The Morgan fingerprint density at radius 3 is 2.38 bits per heavy atom. The highest BCUT2D eigenvalue weighted by atomic mass is 32.2. The standard InChI is InChI=1S/C22H30N2O4S/c1-16-12-17(2)14-20(13-16)24(29(5,26)27)18(3)22(25)23-11-7-9-19-8-6-10-21(15-19)28-4/h6,8,10,12-15,18H,7,9,11H2,1-5H3,(H,23,25). The van der Waals surface area contributed by atoms with Crippen LogP contribution < -0.4 is 14.4 Å². The Labute approximate surface area is 173 Å². The highest BCUT2D eigenvalue weighted by molar-refractivity contribution is 7.92. The molecule has 0 heterocycles. The van der Waals surface area contributed by atoms with Gasteiger partial charge in [-0.25, -0.2) is 8.42 Å². The van der Waals surface area contributed by atoms with Crippen molar-refractivity contribution in [2.24, 2.45) is 0 Å². The smallest absolute Gasteiger partial charge is 0.243 e. The Bertz CT molecular complexity index is 937. The van der Waals surface area contributed by atoms with Gasteiger partial charge in [0.1, 0.15) is 11.8 Å². The molecule has 0 aliphatic carbocycles. The lowest BCUT2D eigenvalue weighted by Gasteiger charge is -2.28. The molecule has 0 radical (unpaired) electrons. The van der Waals surface area contributed by atoms with E-state index >= 15 is 0 Å². The van der Waals surface area contributed by atoms with Gasteiger partial charge in [0.15, 0.2) is 0 Å². The molecule has 0 saturated carbocycles. The van der Waals surface area contributed by atoms with E-state index in [2.05, 4.69) is 5.32 Å². The number of amides is 1. The van der Waals surface area contributed by atoms with Gasteiger partial charge in [-0.15, -0.1) is 0 Å². The number of nitrogens with zero attached hydrogens (tertiary/aromatic N) is 1. The summed E-state index contributed by atoms with van der Waals surface area (Å²) >= 11 is 0. The second kappa shape index (κ2) is 9.78. The number of benzene rings is 2. The number of aryl methyl sites for hydroxylation is 3. The lowest BCUT2D eigenvalue weighted by atomic mass is 10.1. The van der Waals surface area contributed by atoms with Gasteiger partial charge in [-0.1, -0.05) is 18.2 Å². The fourth-order valence-electron chi connectivity index (χ4n) is 3.37. The molecule has 1 unspecified atom stereocenters. The van der Waals surface area contributed by atoms with Crippen molar-refractivity contribution >= 4 is 21.6 Å². The van der Waals surface area contributed by atoms with Crippen LogP contribution in [0.2, 0.25) is 0 Å². The summed E-state index contributed by atoms with van der Waals surface area (Å²) in [7, 11) is -1.99. The fourth-order valence-corrected chi connectivity index (χ4v) is 4.52. The molecule has 6 nitrogen and oxygen atoms in total. The summed E-state index contributed by atoms with van der Waals surface area (Å²) < 4.78 is 31.2. The summed E-state index contributed by atoms with van der Waals surface area (Å²) in [5.74, 6) is 0.484. The Morgan fingerprint density at radius 2 is 1.79 bits per heavy atom. The zero-order valence-corrected chi connectivity index (χ0v) is 18.5. The summed E-state index contributed by atoms with van der Waals surface area (Å²) in [5.41, 5.74) is 3.52. The Balaban J connectivity index is 2.02. The molecule has 7 heteroatoms.